The van der Waals surface area contributed by atoms with Crippen molar-refractivity contribution in [3.8, 4) is 6.07 Å². The van der Waals surface area contributed by atoms with Gasteiger partial charge in [0.05, 0.1) is 12.6 Å². The summed E-state index contributed by atoms with van der Waals surface area (Å²) >= 11 is 0. The van der Waals surface area contributed by atoms with E-state index in [4.69, 9.17) is 0 Å². The number of hydrogen-bond donors (Lipinski definition) is 3. The predicted molar refractivity (Wildman–Crippen MR) is 68.8 cm³/mol. The van der Waals surface area contributed by atoms with Crippen molar-refractivity contribution in [3.05, 3.63) is 0 Å². The monoisotopic (exact) mass is 250 g/mol. The van der Waals surface area contributed by atoms with Crippen LogP contribution in [-0.4, -0.2) is 36.6 Å². The van der Waals surface area contributed by atoms with Gasteiger partial charge in [-0.1, -0.05) is 0 Å². The summed E-state index contributed by atoms with van der Waals surface area (Å²) in [5.41, 5.74) is -0.597. The van der Waals surface area contributed by atoms with Gasteiger partial charge in [0, 0.05) is 12.1 Å². The normalized spacial score (nSPS) is 30.0. The van der Waals surface area contributed by atoms with Crippen LogP contribution in [0.25, 0.3) is 0 Å². The van der Waals surface area contributed by atoms with E-state index < -0.39 is 5.54 Å². The molecule has 100 valence electrons. The Hall–Kier alpha value is -1.12. The second kappa shape index (κ2) is 5.25. The number of nitrogens with zero attached hydrogens (tertiary/aromatic N) is 1. The molecule has 1 atom stereocenters. The first-order valence-corrected chi connectivity index (χ1v) is 6.76. The minimum atomic E-state index is -0.604. The van der Waals surface area contributed by atoms with Crippen molar-refractivity contribution in [1.82, 2.24) is 16.0 Å². The smallest absolute Gasteiger partial charge is 0.235 e. The lowest BCUT2D eigenvalue weighted by Crippen LogP contribution is -2.53. The fraction of sp³-hybridized carbons (Fsp3) is 0.846. The van der Waals surface area contributed by atoms with Crippen LogP contribution >= 0.6 is 0 Å². The van der Waals surface area contributed by atoms with Gasteiger partial charge in [0.25, 0.3) is 0 Å². The third-order valence-electron chi connectivity index (χ3n) is 4.09. The highest BCUT2D eigenvalue weighted by Gasteiger charge is 2.36. The lowest BCUT2D eigenvalue weighted by Gasteiger charge is -2.26. The SMILES string of the molecule is CC1(NCC(=O)NC2(C#N)CCCC2)CCNC1. The van der Waals surface area contributed by atoms with E-state index in [-0.39, 0.29) is 11.4 Å². The van der Waals surface area contributed by atoms with Crippen LogP contribution < -0.4 is 16.0 Å². The number of rotatable bonds is 4. The minimum absolute atomic E-state index is 0.00677. The Balaban J connectivity index is 1.80. The maximum Gasteiger partial charge on any atom is 0.235 e. The van der Waals surface area contributed by atoms with Crippen LogP contribution in [0.15, 0.2) is 0 Å². The molecule has 1 saturated heterocycles. The molecule has 3 N–H and O–H groups in total. The summed E-state index contributed by atoms with van der Waals surface area (Å²) in [6, 6.07) is 2.27. The molecule has 0 aromatic heterocycles. The molecule has 0 bridgehead atoms. The first-order chi connectivity index (χ1) is 8.58. The van der Waals surface area contributed by atoms with Gasteiger partial charge in [0.15, 0.2) is 0 Å². The lowest BCUT2D eigenvalue weighted by atomic mass is 9.99. The summed E-state index contributed by atoms with van der Waals surface area (Å²) in [7, 11) is 0. The molecule has 2 rings (SSSR count). The fourth-order valence-corrected chi connectivity index (χ4v) is 2.82. The summed E-state index contributed by atoms with van der Waals surface area (Å²) in [6.07, 6.45) is 4.66. The van der Waals surface area contributed by atoms with Crippen molar-refractivity contribution in [2.24, 2.45) is 0 Å². The number of nitriles is 1. The molecule has 0 spiro atoms. The summed E-state index contributed by atoms with van der Waals surface area (Å²) in [4.78, 5) is 11.9. The van der Waals surface area contributed by atoms with Gasteiger partial charge in [0.2, 0.25) is 5.91 Å². The van der Waals surface area contributed by atoms with E-state index >= 15 is 0 Å². The van der Waals surface area contributed by atoms with Crippen LogP contribution in [0.4, 0.5) is 0 Å². The Morgan fingerprint density at radius 1 is 1.39 bits per heavy atom. The van der Waals surface area contributed by atoms with Gasteiger partial charge >= 0.3 is 0 Å². The van der Waals surface area contributed by atoms with Crippen molar-refractivity contribution in [2.75, 3.05) is 19.6 Å². The highest BCUT2D eigenvalue weighted by Crippen LogP contribution is 2.28. The molecular formula is C13H22N4O. The molecule has 5 heteroatoms. The average Bonchev–Trinajstić information content (AvgIpc) is 2.98. The van der Waals surface area contributed by atoms with Crippen LogP contribution in [0.5, 0.6) is 0 Å². The molecule has 1 aliphatic carbocycles. The van der Waals surface area contributed by atoms with Crippen LogP contribution in [0.2, 0.25) is 0 Å². The van der Waals surface area contributed by atoms with Gasteiger partial charge in [-0.3, -0.25) is 4.79 Å². The zero-order chi connectivity index (χ0) is 13.1. The summed E-state index contributed by atoms with van der Waals surface area (Å²) in [5, 5.41) is 18.7. The Morgan fingerprint density at radius 3 is 2.67 bits per heavy atom. The molecule has 0 radical (unpaired) electrons. The lowest BCUT2D eigenvalue weighted by molar-refractivity contribution is -0.121. The third kappa shape index (κ3) is 3.01. The number of hydrogen-bond acceptors (Lipinski definition) is 4. The highest BCUT2D eigenvalue weighted by molar-refractivity contribution is 5.79. The Morgan fingerprint density at radius 2 is 2.11 bits per heavy atom. The first kappa shape index (κ1) is 13.3. The maximum absolute atomic E-state index is 11.9. The van der Waals surface area contributed by atoms with Crippen molar-refractivity contribution < 1.29 is 4.79 Å². The molecular weight excluding hydrogens is 228 g/mol. The van der Waals surface area contributed by atoms with Crippen molar-refractivity contribution in [1.29, 1.82) is 5.26 Å². The van der Waals surface area contributed by atoms with Gasteiger partial charge in [-0.25, -0.2) is 0 Å². The minimum Gasteiger partial charge on any atom is -0.337 e. The standard InChI is InChI=1S/C13H22N4O/c1-12(6-7-15-10-12)16-8-11(18)17-13(9-14)4-2-3-5-13/h15-16H,2-8,10H2,1H3,(H,17,18). The van der Waals surface area contributed by atoms with Crippen LogP contribution in [0, 0.1) is 11.3 Å². The predicted octanol–water partition coefficient (Wildman–Crippen LogP) is 0.281. The number of nitrogens with one attached hydrogen (secondary N) is 3. The molecule has 0 aromatic carbocycles. The number of carbonyl (C=O) groups is 1. The molecule has 0 aromatic rings. The average molecular weight is 250 g/mol. The van der Waals surface area contributed by atoms with Gasteiger partial charge < -0.3 is 16.0 Å². The Bertz CT molecular complexity index is 348. The third-order valence-corrected chi connectivity index (χ3v) is 4.09. The zero-order valence-electron chi connectivity index (χ0n) is 11.0. The molecule has 2 aliphatic rings. The topological polar surface area (TPSA) is 77.0 Å². The molecule has 2 fully saturated rings. The summed E-state index contributed by atoms with van der Waals surface area (Å²) in [5.74, 6) is -0.0634. The largest absolute Gasteiger partial charge is 0.337 e. The van der Waals surface area contributed by atoms with E-state index in [0.29, 0.717) is 6.54 Å². The van der Waals surface area contributed by atoms with E-state index in [1.807, 2.05) is 0 Å². The molecule has 18 heavy (non-hydrogen) atoms. The van der Waals surface area contributed by atoms with E-state index in [1.165, 1.54) is 0 Å². The van der Waals surface area contributed by atoms with E-state index in [2.05, 4.69) is 28.9 Å². The van der Waals surface area contributed by atoms with E-state index in [1.54, 1.807) is 0 Å². The van der Waals surface area contributed by atoms with Crippen LogP contribution in [-0.2, 0) is 4.79 Å². The Labute approximate surface area is 108 Å². The van der Waals surface area contributed by atoms with E-state index in [9.17, 15) is 10.1 Å². The maximum atomic E-state index is 11.9. The van der Waals surface area contributed by atoms with Crippen molar-refractivity contribution >= 4 is 5.91 Å². The molecule has 1 heterocycles. The Kier molecular flexibility index (Phi) is 3.88. The zero-order valence-corrected chi connectivity index (χ0v) is 11.0. The first-order valence-electron chi connectivity index (χ1n) is 6.76. The molecule has 1 amide bonds. The van der Waals surface area contributed by atoms with Crippen molar-refractivity contribution in [2.45, 2.75) is 50.1 Å². The number of carbonyl (C=O) groups excluding carboxylic acids is 1. The van der Waals surface area contributed by atoms with Gasteiger partial charge in [-0.05, 0) is 45.6 Å². The molecule has 1 unspecified atom stereocenters. The second-order valence-electron chi connectivity index (χ2n) is 5.79. The molecule has 1 aliphatic heterocycles. The molecule has 1 saturated carbocycles. The molecule has 5 nitrogen and oxygen atoms in total. The number of amides is 1. The van der Waals surface area contributed by atoms with Gasteiger partial charge in [0.1, 0.15) is 5.54 Å². The second-order valence-corrected chi connectivity index (χ2v) is 5.79. The van der Waals surface area contributed by atoms with Gasteiger partial charge in [-0.15, -0.1) is 0 Å². The van der Waals surface area contributed by atoms with Gasteiger partial charge in [-0.2, -0.15) is 5.26 Å². The summed E-state index contributed by atoms with van der Waals surface area (Å²) < 4.78 is 0. The van der Waals surface area contributed by atoms with E-state index in [0.717, 1.165) is 45.2 Å². The van der Waals surface area contributed by atoms with Crippen LogP contribution in [0.3, 0.4) is 0 Å². The van der Waals surface area contributed by atoms with Crippen LogP contribution in [0.1, 0.15) is 39.0 Å². The highest BCUT2D eigenvalue weighted by atomic mass is 16.2. The summed E-state index contributed by atoms with van der Waals surface area (Å²) in [6.45, 7) is 4.30. The fourth-order valence-electron chi connectivity index (χ4n) is 2.82. The van der Waals surface area contributed by atoms with Crippen molar-refractivity contribution in [3.63, 3.8) is 0 Å². The quantitative estimate of drug-likeness (QED) is 0.670.